The number of esters is 5. The zero-order valence-electron chi connectivity index (χ0n) is 72.4. The fourth-order valence-corrected chi connectivity index (χ4v) is 9.19. The molecule has 3 amide bonds. The van der Waals surface area contributed by atoms with E-state index >= 15 is 0 Å². The molecule has 0 spiro atoms. The van der Waals surface area contributed by atoms with Crippen molar-refractivity contribution in [2.45, 2.75) is 187 Å². The van der Waals surface area contributed by atoms with Crippen LogP contribution in [0.1, 0.15) is 159 Å². The molecule has 28 nitrogen and oxygen atoms in total. The summed E-state index contributed by atoms with van der Waals surface area (Å²) in [7, 11) is 6.23. The summed E-state index contributed by atoms with van der Waals surface area (Å²) >= 11 is 0. The zero-order chi connectivity index (χ0) is 85.1. The van der Waals surface area contributed by atoms with Gasteiger partial charge in [-0.3, -0.25) is 48.0 Å². The molecule has 0 heterocycles. The number of aliphatic hydroxyl groups excluding tert-OH is 3. The van der Waals surface area contributed by atoms with E-state index in [9.17, 15) is 58.2 Å². The number of nitrogens with one attached hydrogen (secondary N) is 1. The van der Waals surface area contributed by atoms with Crippen LogP contribution >= 0.6 is 65.3 Å². The van der Waals surface area contributed by atoms with Crippen LogP contribution in [-0.4, -0.2) is 155 Å². The largest absolute Gasteiger partial charge is 1.00 e. The molecule has 0 aromatic heterocycles. The summed E-state index contributed by atoms with van der Waals surface area (Å²) in [5.74, 6) is -6.94. The SMILES string of the molecule is C.C.CC(C)C(CC(=O)OCc1ccccc1)C(O)C#N.CC(C)C(CC(=O)OCc1ccccc1)C(O)C(N)=O.CC(C)C(N)C(O)C(N)=O.CC(C)[C@@H](C=O)CC(=O)OCc1ccccc1.CC(C)[C@H](CC(=O)OCc1ccccc1)C(=O)O.CNOC.CON(C)C(=O)[C@@H](CC(=O)OCc1ccccc1)C(C)C.Cl.Cl.S.S.S.[AlH3].[C-]#N.[H-].[K+].[Li+]. The third-order valence-electron chi connectivity index (χ3n) is 16.6. The van der Waals surface area contributed by atoms with Crippen molar-refractivity contribution >= 4 is 142 Å². The minimum Gasteiger partial charge on any atom is -1.00 e. The molecule has 0 fully saturated rings. The summed E-state index contributed by atoms with van der Waals surface area (Å²) in [6, 6.07) is 48.1. The number of halogens is 2. The van der Waals surface area contributed by atoms with Gasteiger partial charge < -0.3 is 84.2 Å². The Bertz CT molecular complexity index is 3500. The molecule has 6 unspecified atom stereocenters. The second-order valence-electron chi connectivity index (χ2n) is 27.2. The summed E-state index contributed by atoms with van der Waals surface area (Å²) in [6.45, 7) is 28.0. The molecule has 5 aromatic rings. The Morgan fingerprint density at radius 1 is 0.479 bits per heavy atom. The van der Waals surface area contributed by atoms with Gasteiger partial charge in [0.05, 0.1) is 64.2 Å². The molecule has 5 aromatic carbocycles. The Kier molecular flexibility index (Phi) is 104. The van der Waals surface area contributed by atoms with Crippen molar-refractivity contribution in [2.24, 2.45) is 82.3 Å². The number of benzene rings is 5. The number of carbonyl (C=O) groups excluding carboxylic acids is 9. The number of nitrogens with zero attached hydrogens (tertiary/aromatic N) is 3. The number of hydrogen-bond donors (Lipinski definition) is 8. The van der Waals surface area contributed by atoms with Crippen molar-refractivity contribution in [3.63, 3.8) is 0 Å². The number of nitrogens with two attached hydrogens (primary N) is 3. The molecule has 0 bridgehead atoms. The number of hydrogen-bond acceptors (Lipinski definition) is 24. The van der Waals surface area contributed by atoms with Crippen molar-refractivity contribution in [1.82, 2.24) is 10.5 Å². The van der Waals surface area contributed by atoms with Crippen LogP contribution in [0.4, 0.5) is 0 Å². The van der Waals surface area contributed by atoms with E-state index in [1.807, 2.05) is 221 Å². The van der Waals surface area contributed by atoms with E-state index in [1.54, 1.807) is 34.1 Å². The molecule has 36 heteroatoms. The molecule has 678 valence electrons. The van der Waals surface area contributed by atoms with Crippen LogP contribution in [-0.2, 0) is 114 Å². The molecule has 0 aliphatic heterocycles. The van der Waals surface area contributed by atoms with Crippen molar-refractivity contribution in [3.8, 4) is 6.07 Å². The third kappa shape index (κ3) is 71.0. The smallest absolute Gasteiger partial charge is 1.00 e. The number of primary amides is 2. The summed E-state index contributed by atoms with van der Waals surface area (Å²) in [6.07, 6.45) is -2.71. The van der Waals surface area contributed by atoms with Gasteiger partial charge in [0.25, 0.3) is 0 Å². The van der Waals surface area contributed by atoms with Gasteiger partial charge in [-0.25, -0.2) is 10.5 Å². The summed E-state index contributed by atoms with van der Waals surface area (Å²) < 4.78 is 25.7. The van der Waals surface area contributed by atoms with Crippen LogP contribution in [0, 0.1) is 88.3 Å². The summed E-state index contributed by atoms with van der Waals surface area (Å²) in [5.41, 5.74) is 22.3. The molecule has 11 N–H and O–H groups in total. The van der Waals surface area contributed by atoms with Gasteiger partial charge in [-0.15, -0.1) is 24.8 Å². The number of aliphatic hydroxyl groups is 3. The Morgan fingerprint density at radius 2 is 0.736 bits per heavy atom. The fraction of sp³-hybridized carbons (Fsp3) is 0.506. The predicted molar refractivity (Wildman–Crippen MR) is 485 cm³/mol. The van der Waals surface area contributed by atoms with Crippen molar-refractivity contribution in [2.75, 3.05) is 28.3 Å². The maximum atomic E-state index is 12.1. The van der Waals surface area contributed by atoms with Gasteiger partial charge in [0.2, 0.25) is 17.7 Å². The molecular formula is C85H140AlCl2KLiN7O21S3. The molecule has 0 saturated heterocycles. The van der Waals surface area contributed by atoms with Crippen molar-refractivity contribution < 1.29 is 173 Å². The predicted octanol–water partition coefficient (Wildman–Crippen LogP) is 5.06. The molecular weight excluding hydrogens is 1700 g/mol. The average molecular weight is 1840 g/mol. The molecule has 0 aliphatic rings. The summed E-state index contributed by atoms with van der Waals surface area (Å²) in [4.78, 5) is 123. The Labute approximate surface area is 819 Å². The monoisotopic (exact) mass is 1830 g/mol. The van der Waals surface area contributed by atoms with E-state index in [4.69, 9.17) is 73.0 Å². The van der Waals surface area contributed by atoms with Gasteiger partial charge in [-0.1, -0.05) is 250 Å². The van der Waals surface area contributed by atoms with Crippen molar-refractivity contribution in [1.29, 1.82) is 10.5 Å². The first-order chi connectivity index (χ1) is 52.4. The number of carbonyl (C=O) groups is 10. The van der Waals surface area contributed by atoms with Gasteiger partial charge >= 0.3 is 106 Å². The normalized spacial score (nSPS) is 11.7. The average Bonchev–Trinajstić information content (AvgIpc) is 0.886. The van der Waals surface area contributed by atoms with E-state index in [0.717, 1.165) is 39.2 Å². The van der Waals surface area contributed by atoms with Crippen LogP contribution < -0.4 is 92.9 Å². The number of ether oxygens (including phenoxy) is 5. The Morgan fingerprint density at radius 3 is 0.934 bits per heavy atom. The first-order valence-corrected chi connectivity index (χ1v) is 36.1. The Balaban J connectivity index is -0.0000000934. The topological polar surface area (TPSA) is 457 Å². The van der Waals surface area contributed by atoms with Crippen LogP contribution in [0.25, 0.3) is 0 Å². The minimum atomic E-state index is -1.33. The second kappa shape index (κ2) is 87.6. The molecule has 0 aliphatic carbocycles. The van der Waals surface area contributed by atoms with Gasteiger partial charge in [-0.2, -0.15) is 45.7 Å². The van der Waals surface area contributed by atoms with Crippen LogP contribution in [0.3, 0.4) is 0 Å². The number of carboxylic acid groups (broad SMARTS) is 1. The Hall–Kier alpha value is -5.90. The number of aliphatic carboxylic acids is 1. The first kappa shape index (κ1) is 144. The first-order valence-electron chi connectivity index (χ1n) is 36.1. The number of hydroxylamine groups is 3. The number of amides is 3. The number of rotatable bonds is 36. The van der Waals surface area contributed by atoms with Gasteiger partial charge in [0, 0.05) is 37.9 Å². The number of carboxylic acids is 1. The number of aldehydes is 1. The van der Waals surface area contributed by atoms with E-state index in [0.29, 0.717) is 0 Å². The minimum absolute atomic E-state index is 0. The number of nitriles is 1. The van der Waals surface area contributed by atoms with Crippen LogP contribution in [0.5, 0.6) is 0 Å². The van der Waals surface area contributed by atoms with E-state index in [2.05, 4.69) is 10.3 Å². The van der Waals surface area contributed by atoms with Gasteiger partial charge in [-0.05, 0) is 63.3 Å². The van der Waals surface area contributed by atoms with Crippen LogP contribution in [0.15, 0.2) is 152 Å². The van der Waals surface area contributed by atoms with Gasteiger partial charge in [0.1, 0.15) is 57.6 Å². The van der Waals surface area contributed by atoms with E-state index < -0.39 is 83.7 Å². The second-order valence-corrected chi connectivity index (χ2v) is 27.2. The standard InChI is InChI=1S/C16H23NO4.C15H21NO4.C15H19NO3.C14H18O4.C14H18O3.C6H14N2O2.C2H7NO.CN.2CH4.Al.2ClH.K.Li.3H2S.4H/c1-12(2)14(16(19)17(3)20-4)10-15(18)21-11-13-8-6-5-7-9-13;1-10(2)12(14(18)15(16)19)8-13(17)20-9-11-6-4-3-5-7-11;1-11(2)13(14(17)9-16)8-15(18)19-10-12-6-4-3-5-7-12;1-10(2)12(14(16)17)8-13(15)18-9-11-6-4-3-5-7-11;1-11(2)13(9-15)8-14(16)17-10-12-6-4-3-5-7-12;1-3(2)4(7)5(9)6(8)10;1-3-4-2;1-2;;;;;;;;;;;;;;/h5-9,12,14H,10-11H2,1-4H3;3-7,10,12,14,18H,8-9H2,1-2H3,(H2,16,19);3-7,11,13-14,17H,8,10H2,1-2H3;3-7,10,12H,8-9H2,1-2H3,(H,16,17);3-7,9,11,13H,8,10H2,1-2H3;3-5,9H,7H2,1-2H3,(H2,8,10);3H,1-2H3;;2*1H4;;2*1H;;;3*1H2;;;;/q;;;;;;;-1;;;;;;2*+1;;;;;;;-1/t14-;;;12-;13-;;;;;;;;;;;;;;;;;/m0..01................./s1. The summed E-state index contributed by atoms with van der Waals surface area (Å²) in [5, 5.41) is 53.3. The molecule has 9 atom stereocenters. The quantitative estimate of drug-likeness (QED) is 0.00494. The van der Waals surface area contributed by atoms with E-state index in [-0.39, 0.29) is 294 Å². The molecule has 0 radical (unpaired) electrons. The third-order valence-corrected chi connectivity index (χ3v) is 16.6. The van der Waals surface area contributed by atoms with Crippen LogP contribution in [0.2, 0.25) is 0 Å². The van der Waals surface area contributed by atoms with E-state index in [1.165, 1.54) is 14.2 Å². The fourth-order valence-electron chi connectivity index (χ4n) is 9.19. The maximum absolute atomic E-state index is 12.1. The zero-order valence-corrected chi connectivity index (χ0v) is 79.1. The van der Waals surface area contributed by atoms with Gasteiger partial charge in [0.15, 0.2) is 17.4 Å². The van der Waals surface area contributed by atoms with Crippen molar-refractivity contribution in [3.05, 3.63) is 186 Å². The molecule has 0 saturated carbocycles. The molecule has 121 heavy (non-hydrogen) atoms. The molecule has 5 rings (SSSR count). The maximum Gasteiger partial charge on any atom is 1.00 e.